The van der Waals surface area contributed by atoms with E-state index in [1.807, 2.05) is 6.07 Å². The van der Waals surface area contributed by atoms with Crippen molar-refractivity contribution < 1.29 is 29.3 Å². The van der Waals surface area contributed by atoms with Gasteiger partial charge in [0.1, 0.15) is 0 Å². The van der Waals surface area contributed by atoms with E-state index in [0.29, 0.717) is 0 Å². The van der Waals surface area contributed by atoms with E-state index in [9.17, 15) is 0 Å². The first-order valence-corrected chi connectivity index (χ1v) is 10.3. The molecule has 0 amide bonds. The predicted octanol–water partition coefficient (Wildman–Crippen LogP) is 2.69. The van der Waals surface area contributed by atoms with Crippen molar-refractivity contribution in [1.82, 2.24) is 9.80 Å². The van der Waals surface area contributed by atoms with Gasteiger partial charge in [-0.15, -0.1) is 0 Å². The molecule has 172 valence electrons. The maximum absolute atomic E-state index is 9.10. The molecule has 0 spiro atoms. The van der Waals surface area contributed by atoms with Gasteiger partial charge in [0.05, 0.1) is 14.2 Å². The Balaban J connectivity index is 0.000000534. The van der Waals surface area contributed by atoms with Crippen molar-refractivity contribution in [1.29, 1.82) is 0 Å². The molecule has 2 N–H and O–H groups in total. The SMILES string of the molecule is COc1ccc(CN2CCN(C/C=C/c3ccccc3)CC2)cc1OC.O=C(O)C(=O)O. The number of aliphatic carboxylic acids is 2. The number of ether oxygens (including phenoxy) is 2. The van der Waals surface area contributed by atoms with Crippen molar-refractivity contribution in [2.24, 2.45) is 0 Å². The van der Waals surface area contributed by atoms with E-state index in [1.165, 1.54) is 11.1 Å². The maximum atomic E-state index is 9.10. The lowest BCUT2D eigenvalue weighted by atomic mass is 10.1. The molecular weight excluding hydrogens is 412 g/mol. The lowest BCUT2D eigenvalue weighted by Gasteiger charge is -2.34. The minimum Gasteiger partial charge on any atom is -0.493 e. The number of hydrogen-bond acceptors (Lipinski definition) is 6. The Morgan fingerprint density at radius 2 is 1.47 bits per heavy atom. The van der Waals surface area contributed by atoms with Gasteiger partial charge >= 0.3 is 11.9 Å². The molecule has 0 bridgehead atoms. The van der Waals surface area contributed by atoms with Gasteiger partial charge in [0.15, 0.2) is 11.5 Å². The summed E-state index contributed by atoms with van der Waals surface area (Å²) in [6.07, 6.45) is 4.47. The van der Waals surface area contributed by atoms with Gasteiger partial charge in [-0.05, 0) is 23.3 Å². The summed E-state index contributed by atoms with van der Waals surface area (Å²) < 4.78 is 10.7. The molecule has 0 unspecified atom stereocenters. The number of piperazine rings is 1. The van der Waals surface area contributed by atoms with E-state index < -0.39 is 11.9 Å². The van der Waals surface area contributed by atoms with Crippen LogP contribution >= 0.6 is 0 Å². The molecule has 0 saturated carbocycles. The molecule has 32 heavy (non-hydrogen) atoms. The molecule has 1 aliphatic rings. The van der Waals surface area contributed by atoms with Crippen molar-refractivity contribution in [3.63, 3.8) is 0 Å². The summed E-state index contributed by atoms with van der Waals surface area (Å²) in [5.41, 5.74) is 2.53. The van der Waals surface area contributed by atoms with E-state index in [4.69, 9.17) is 29.3 Å². The zero-order chi connectivity index (χ0) is 23.3. The van der Waals surface area contributed by atoms with Crippen LogP contribution in [0, 0.1) is 0 Å². The van der Waals surface area contributed by atoms with E-state index in [-0.39, 0.29) is 0 Å². The molecule has 2 aromatic carbocycles. The Kier molecular flexibility index (Phi) is 10.2. The lowest BCUT2D eigenvalue weighted by Crippen LogP contribution is -2.45. The third-order valence-electron chi connectivity index (χ3n) is 4.98. The van der Waals surface area contributed by atoms with Crippen LogP contribution in [0.25, 0.3) is 6.08 Å². The summed E-state index contributed by atoms with van der Waals surface area (Å²) in [6, 6.07) is 16.7. The average Bonchev–Trinajstić information content (AvgIpc) is 2.81. The fraction of sp³-hybridized carbons (Fsp3) is 0.333. The molecular formula is C24H30N2O6. The minimum atomic E-state index is -1.82. The monoisotopic (exact) mass is 442 g/mol. The molecule has 0 atom stereocenters. The van der Waals surface area contributed by atoms with Gasteiger partial charge in [0.2, 0.25) is 0 Å². The molecule has 2 aromatic rings. The van der Waals surface area contributed by atoms with E-state index in [1.54, 1.807) is 14.2 Å². The zero-order valence-electron chi connectivity index (χ0n) is 18.4. The Labute approximate surface area is 188 Å². The Hall–Kier alpha value is -3.36. The van der Waals surface area contributed by atoms with Crippen LogP contribution in [-0.2, 0) is 16.1 Å². The number of carboxylic acid groups (broad SMARTS) is 2. The minimum absolute atomic E-state index is 0.784. The highest BCUT2D eigenvalue weighted by atomic mass is 16.5. The van der Waals surface area contributed by atoms with Gasteiger partial charge in [-0.3, -0.25) is 9.80 Å². The summed E-state index contributed by atoms with van der Waals surface area (Å²) in [5, 5.41) is 14.8. The van der Waals surface area contributed by atoms with Gasteiger partial charge in [0.25, 0.3) is 0 Å². The van der Waals surface area contributed by atoms with Crippen LogP contribution in [0.2, 0.25) is 0 Å². The second-order valence-corrected chi connectivity index (χ2v) is 7.19. The second kappa shape index (κ2) is 13.1. The number of methoxy groups -OCH3 is 2. The van der Waals surface area contributed by atoms with Crippen LogP contribution in [0.5, 0.6) is 11.5 Å². The van der Waals surface area contributed by atoms with Gasteiger partial charge < -0.3 is 19.7 Å². The highest BCUT2D eigenvalue weighted by molar-refractivity contribution is 6.27. The van der Waals surface area contributed by atoms with Crippen LogP contribution in [0.1, 0.15) is 11.1 Å². The number of benzene rings is 2. The molecule has 3 rings (SSSR count). The Morgan fingerprint density at radius 1 is 0.875 bits per heavy atom. The molecule has 0 radical (unpaired) electrons. The molecule has 0 aromatic heterocycles. The van der Waals surface area contributed by atoms with Crippen molar-refractivity contribution in [3.05, 3.63) is 65.7 Å². The van der Waals surface area contributed by atoms with Gasteiger partial charge in [-0.2, -0.15) is 0 Å². The number of hydrogen-bond donors (Lipinski definition) is 2. The van der Waals surface area contributed by atoms with E-state index >= 15 is 0 Å². The van der Waals surface area contributed by atoms with Crippen molar-refractivity contribution in [2.45, 2.75) is 6.54 Å². The first-order valence-electron chi connectivity index (χ1n) is 10.3. The topological polar surface area (TPSA) is 99.5 Å². The predicted molar refractivity (Wildman–Crippen MR) is 122 cm³/mol. The highest BCUT2D eigenvalue weighted by Gasteiger charge is 2.16. The third-order valence-corrected chi connectivity index (χ3v) is 4.98. The van der Waals surface area contributed by atoms with Gasteiger partial charge in [0, 0.05) is 39.3 Å². The fourth-order valence-corrected chi connectivity index (χ4v) is 3.27. The highest BCUT2D eigenvalue weighted by Crippen LogP contribution is 2.28. The molecule has 0 aliphatic carbocycles. The fourth-order valence-electron chi connectivity index (χ4n) is 3.27. The molecule has 1 saturated heterocycles. The second-order valence-electron chi connectivity index (χ2n) is 7.19. The van der Waals surface area contributed by atoms with E-state index in [2.05, 4.69) is 64.4 Å². The van der Waals surface area contributed by atoms with Crippen LogP contribution in [-0.4, -0.2) is 78.9 Å². The number of rotatable bonds is 7. The summed E-state index contributed by atoms with van der Waals surface area (Å²) in [5.74, 6) is -2.06. The number of carboxylic acids is 2. The Morgan fingerprint density at radius 3 is 2.03 bits per heavy atom. The average molecular weight is 443 g/mol. The van der Waals surface area contributed by atoms with Crippen molar-refractivity contribution >= 4 is 18.0 Å². The van der Waals surface area contributed by atoms with Crippen LogP contribution in [0.4, 0.5) is 0 Å². The molecule has 1 heterocycles. The zero-order valence-corrected chi connectivity index (χ0v) is 18.4. The summed E-state index contributed by atoms with van der Waals surface area (Å²) in [4.78, 5) is 23.2. The van der Waals surface area contributed by atoms with Gasteiger partial charge in [-0.25, -0.2) is 9.59 Å². The number of carbonyl (C=O) groups is 2. The maximum Gasteiger partial charge on any atom is 0.414 e. The molecule has 1 fully saturated rings. The van der Waals surface area contributed by atoms with Crippen LogP contribution < -0.4 is 9.47 Å². The quantitative estimate of drug-likeness (QED) is 0.632. The molecule has 8 heteroatoms. The molecule has 8 nitrogen and oxygen atoms in total. The normalized spacial score (nSPS) is 14.4. The smallest absolute Gasteiger partial charge is 0.414 e. The Bertz CT molecular complexity index is 881. The summed E-state index contributed by atoms with van der Waals surface area (Å²) in [7, 11) is 3.35. The van der Waals surface area contributed by atoms with Crippen molar-refractivity contribution in [3.8, 4) is 11.5 Å². The van der Waals surface area contributed by atoms with E-state index in [0.717, 1.165) is 50.8 Å². The van der Waals surface area contributed by atoms with Crippen molar-refractivity contribution in [2.75, 3.05) is 46.9 Å². The standard InChI is InChI=1S/C22H28N2O2.C2H2O4/c1-25-21-11-10-20(17-22(21)26-2)18-24-15-13-23(14-16-24)12-6-9-19-7-4-3-5-8-19;3-1(4)2(5)6/h3-11,17H,12-16,18H2,1-2H3;(H,3,4)(H,5,6)/b9-6+;. The first-order chi connectivity index (χ1) is 15.4. The number of nitrogens with zero attached hydrogens (tertiary/aromatic N) is 2. The lowest BCUT2D eigenvalue weighted by molar-refractivity contribution is -0.159. The largest absolute Gasteiger partial charge is 0.493 e. The summed E-state index contributed by atoms with van der Waals surface area (Å²) >= 11 is 0. The van der Waals surface area contributed by atoms with Crippen LogP contribution in [0.15, 0.2) is 54.6 Å². The van der Waals surface area contributed by atoms with Crippen LogP contribution in [0.3, 0.4) is 0 Å². The van der Waals surface area contributed by atoms with Gasteiger partial charge in [-0.1, -0.05) is 48.6 Å². The molecule has 1 aliphatic heterocycles. The summed E-state index contributed by atoms with van der Waals surface area (Å²) in [6.45, 7) is 6.35. The third kappa shape index (κ3) is 8.41. The first kappa shape index (κ1) is 24.9.